The Bertz CT molecular complexity index is 376. The molecule has 0 aliphatic rings. The van der Waals surface area contributed by atoms with Crippen LogP contribution in [0.1, 0.15) is 24.5 Å². The van der Waals surface area contributed by atoms with Crippen molar-refractivity contribution in [2.75, 3.05) is 13.7 Å². The molecule has 0 spiro atoms. The predicted octanol–water partition coefficient (Wildman–Crippen LogP) is 3.03. The lowest BCUT2D eigenvalue weighted by Crippen LogP contribution is -2.06. The minimum Gasteiger partial charge on any atom is -0.376 e. The van der Waals surface area contributed by atoms with Crippen LogP contribution in [0.4, 0.5) is 4.39 Å². The van der Waals surface area contributed by atoms with Crippen LogP contribution in [-0.2, 0) is 17.9 Å². The van der Waals surface area contributed by atoms with E-state index in [9.17, 15) is 4.39 Å². The Kier molecular flexibility index (Phi) is 5.87. The molecule has 0 saturated heterocycles. The van der Waals surface area contributed by atoms with Crippen molar-refractivity contribution >= 4 is 0 Å². The average Bonchev–Trinajstić information content (AvgIpc) is 2.28. The number of halogens is 1. The molecule has 1 aromatic carbocycles. The molecule has 0 aromatic heterocycles. The van der Waals surface area contributed by atoms with Gasteiger partial charge in [0.15, 0.2) is 0 Å². The number of rotatable bonds is 7. The zero-order valence-electron chi connectivity index (χ0n) is 10.6. The maximum Gasteiger partial charge on any atom is 0.128 e. The Morgan fingerprint density at radius 1 is 1.47 bits per heavy atom. The number of hydrogen-bond donors (Lipinski definition) is 1. The average molecular weight is 237 g/mol. The smallest absolute Gasteiger partial charge is 0.128 e. The molecule has 0 radical (unpaired) electrons. The van der Waals surface area contributed by atoms with Gasteiger partial charge in [0.1, 0.15) is 5.82 Å². The van der Waals surface area contributed by atoms with Gasteiger partial charge < -0.3 is 10.1 Å². The zero-order chi connectivity index (χ0) is 12.7. The second-order valence-electron chi connectivity index (χ2n) is 4.22. The third kappa shape index (κ3) is 5.11. The van der Waals surface area contributed by atoms with Crippen LogP contribution in [0.5, 0.6) is 0 Å². The standard InChI is InChI=1S/C14H20FNO/c1-11(2)6-7-17-10-13-8-12(9-16-3)4-5-14(13)15/h4-5,8,16H,1,6-7,9-10H2,2-3H3. The molecule has 2 nitrogen and oxygen atoms in total. The number of nitrogens with one attached hydrogen (secondary N) is 1. The molecule has 0 heterocycles. The lowest BCUT2D eigenvalue weighted by Gasteiger charge is -2.08. The summed E-state index contributed by atoms with van der Waals surface area (Å²) in [6.45, 7) is 7.39. The summed E-state index contributed by atoms with van der Waals surface area (Å²) in [4.78, 5) is 0. The summed E-state index contributed by atoms with van der Waals surface area (Å²) in [5, 5.41) is 3.04. The van der Waals surface area contributed by atoms with Gasteiger partial charge in [-0.15, -0.1) is 6.58 Å². The molecule has 1 rings (SSSR count). The predicted molar refractivity (Wildman–Crippen MR) is 68.3 cm³/mol. The van der Waals surface area contributed by atoms with Crippen molar-refractivity contribution in [1.29, 1.82) is 0 Å². The third-order valence-electron chi connectivity index (χ3n) is 2.42. The van der Waals surface area contributed by atoms with Crippen molar-refractivity contribution in [1.82, 2.24) is 5.32 Å². The van der Waals surface area contributed by atoms with Gasteiger partial charge in [-0.2, -0.15) is 0 Å². The van der Waals surface area contributed by atoms with Gasteiger partial charge in [0.25, 0.3) is 0 Å². The largest absolute Gasteiger partial charge is 0.376 e. The summed E-state index contributed by atoms with van der Waals surface area (Å²) in [5.41, 5.74) is 2.75. The number of benzene rings is 1. The van der Waals surface area contributed by atoms with Crippen LogP contribution in [0.3, 0.4) is 0 Å². The third-order valence-corrected chi connectivity index (χ3v) is 2.42. The van der Waals surface area contributed by atoms with Crippen LogP contribution < -0.4 is 5.32 Å². The Morgan fingerprint density at radius 2 is 2.24 bits per heavy atom. The molecular weight excluding hydrogens is 217 g/mol. The Morgan fingerprint density at radius 3 is 2.88 bits per heavy atom. The van der Waals surface area contributed by atoms with Gasteiger partial charge in [0, 0.05) is 12.1 Å². The SMILES string of the molecule is C=C(C)CCOCc1cc(CNC)ccc1F. The lowest BCUT2D eigenvalue weighted by atomic mass is 10.1. The van der Waals surface area contributed by atoms with Gasteiger partial charge >= 0.3 is 0 Å². The Labute approximate surface area is 102 Å². The summed E-state index contributed by atoms with van der Waals surface area (Å²) in [6, 6.07) is 5.11. The van der Waals surface area contributed by atoms with E-state index in [0.29, 0.717) is 18.8 Å². The topological polar surface area (TPSA) is 21.3 Å². The van der Waals surface area contributed by atoms with Crippen LogP contribution >= 0.6 is 0 Å². The molecule has 3 heteroatoms. The molecule has 17 heavy (non-hydrogen) atoms. The van der Waals surface area contributed by atoms with Gasteiger partial charge in [-0.1, -0.05) is 11.6 Å². The van der Waals surface area contributed by atoms with Gasteiger partial charge in [-0.3, -0.25) is 0 Å². The van der Waals surface area contributed by atoms with E-state index in [1.54, 1.807) is 6.07 Å². The second kappa shape index (κ2) is 7.20. The molecule has 1 aromatic rings. The fraction of sp³-hybridized carbons (Fsp3) is 0.429. The highest BCUT2D eigenvalue weighted by Crippen LogP contribution is 2.12. The van der Waals surface area contributed by atoms with E-state index < -0.39 is 0 Å². The van der Waals surface area contributed by atoms with Gasteiger partial charge in [-0.25, -0.2) is 4.39 Å². The first-order valence-corrected chi connectivity index (χ1v) is 5.77. The Balaban J connectivity index is 2.51. The molecule has 0 fully saturated rings. The van der Waals surface area contributed by atoms with Crippen molar-refractivity contribution in [2.45, 2.75) is 26.5 Å². The lowest BCUT2D eigenvalue weighted by molar-refractivity contribution is 0.121. The molecule has 1 N–H and O–H groups in total. The van der Waals surface area contributed by atoms with Crippen molar-refractivity contribution < 1.29 is 9.13 Å². The van der Waals surface area contributed by atoms with E-state index in [2.05, 4.69) is 11.9 Å². The van der Waals surface area contributed by atoms with Crippen LogP contribution in [0.2, 0.25) is 0 Å². The Hall–Kier alpha value is -1.19. The monoisotopic (exact) mass is 237 g/mol. The van der Waals surface area contributed by atoms with Gasteiger partial charge in [-0.05, 0) is 38.1 Å². The van der Waals surface area contributed by atoms with Crippen LogP contribution in [0.25, 0.3) is 0 Å². The first kappa shape index (κ1) is 13.9. The van der Waals surface area contributed by atoms with E-state index >= 15 is 0 Å². The zero-order valence-corrected chi connectivity index (χ0v) is 10.6. The van der Waals surface area contributed by atoms with E-state index in [0.717, 1.165) is 24.1 Å². The van der Waals surface area contributed by atoms with Gasteiger partial charge in [0.05, 0.1) is 13.2 Å². The van der Waals surface area contributed by atoms with Crippen molar-refractivity contribution in [3.05, 3.63) is 47.3 Å². The van der Waals surface area contributed by atoms with Crippen molar-refractivity contribution in [2.24, 2.45) is 0 Å². The maximum absolute atomic E-state index is 13.5. The molecule has 0 bridgehead atoms. The van der Waals surface area contributed by atoms with Crippen molar-refractivity contribution in [3.8, 4) is 0 Å². The highest BCUT2D eigenvalue weighted by molar-refractivity contribution is 5.24. The van der Waals surface area contributed by atoms with E-state index in [1.165, 1.54) is 6.07 Å². The normalized spacial score (nSPS) is 10.5. The summed E-state index contributed by atoms with van der Waals surface area (Å²) < 4.78 is 18.9. The van der Waals surface area contributed by atoms with Crippen LogP contribution in [0, 0.1) is 5.82 Å². The van der Waals surface area contributed by atoms with Gasteiger partial charge in [0.2, 0.25) is 0 Å². The minimum atomic E-state index is -0.208. The fourth-order valence-electron chi connectivity index (χ4n) is 1.48. The minimum absolute atomic E-state index is 0.208. The van der Waals surface area contributed by atoms with Crippen LogP contribution in [0.15, 0.2) is 30.4 Å². The van der Waals surface area contributed by atoms with Crippen LogP contribution in [-0.4, -0.2) is 13.7 Å². The highest BCUT2D eigenvalue weighted by atomic mass is 19.1. The summed E-state index contributed by atoms with van der Waals surface area (Å²) >= 11 is 0. The number of ether oxygens (including phenoxy) is 1. The quantitative estimate of drug-likeness (QED) is 0.581. The summed E-state index contributed by atoms with van der Waals surface area (Å²) in [5.74, 6) is -0.208. The highest BCUT2D eigenvalue weighted by Gasteiger charge is 2.03. The van der Waals surface area contributed by atoms with Crippen molar-refractivity contribution in [3.63, 3.8) is 0 Å². The molecule has 0 aliphatic carbocycles. The molecular formula is C14H20FNO. The molecule has 94 valence electrons. The van der Waals surface area contributed by atoms with E-state index in [1.807, 2.05) is 20.0 Å². The van der Waals surface area contributed by atoms with E-state index in [-0.39, 0.29) is 5.82 Å². The second-order valence-corrected chi connectivity index (χ2v) is 4.22. The first-order valence-electron chi connectivity index (χ1n) is 5.77. The fourth-order valence-corrected chi connectivity index (χ4v) is 1.48. The molecule has 0 saturated carbocycles. The number of hydrogen-bond acceptors (Lipinski definition) is 2. The summed E-state index contributed by atoms with van der Waals surface area (Å²) in [7, 11) is 1.87. The first-order chi connectivity index (χ1) is 8.13. The molecule has 0 atom stereocenters. The summed E-state index contributed by atoms with van der Waals surface area (Å²) in [6.07, 6.45) is 0.817. The molecule has 0 unspecified atom stereocenters. The maximum atomic E-state index is 13.5. The van der Waals surface area contributed by atoms with E-state index in [4.69, 9.17) is 4.74 Å². The molecule has 0 amide bonds. The molecule has 0 aliphatic heterocycles.